The van der Waals surface area contributed by atoms with Crippen molar-refractivity contribution in [3.63, 3.8) is 0 Å². The molecule has 9 rings (SSSR count). The molecule has 2 aliphatic carbocycles. The topological polar surface area (TPSA) is 229 Å². The first-order valence-corrected chi connectivity index (χ1v) is 27.8. The molecule has 7 heterocycles. The number of anilines is 2. The fourth-order valence-corrected chi connectivity index (χ4v) is 13.2. The van der Waals surface area contributed by atoms with E-state index in [0.717, 1.165) is 72.4 Å². The fraction of sp³-hybridized carbons (Fsp3) is 0.592. The number of carbonyl (C=O) groups is 4. The van der Waals surface area contributed by atoms with Crippen LogP contribution in [0.5, 0.6) is 0 Å². The molecule has 3 aliphatic heterocycles. The highest BCUT2D eigenvalue weighted by atomic mass is 32.2. The molecule has 3 saturated heterocycles. The predicted molar refractivity (Wildman–Crippen MR) is 270 cm³/mol. The van der Waals surface area contributed by atoms with Crippen LogP contribution in [-0.4, -0.2) is 133 Å². The molecule has 2 saturated carbocycles. The number of likely N-dealkylation sites (tertiary alicyclic amines) is 2. The zero-order chi connectivity index (χ0) is 49.4. The van der Waals surface area contributed by atoms with E-state index in [1.165, 1.54) is 29.1 Å². The van der Waals surface area contributed by atoms with E-state index in [1.807, 2.05) is 63.5 Å². The smallest absolute Gasteiger partial charge is 0.280 e. The first-order chi connectivity index (χ1) is 32.8. The van der Waals surface area contributed by atoms with Gasteiger partial charge in [-0.15, -0.1) is 22.7 Å². The number of nitrogens with zero attached hydrogens (tertiary/aromatic N) is 6. The maximum Gasteiger partial charge on any atom is 0.280 e. The van der Waals surface area contributed by atoms with E-state index in [2.05, 4.69) is 48.1 Å². The summed E-state index contributed by atoms with van der Waals surface area (Å²) in [6, 6.07) is 4.21. The van der Waals surface area contributed by atoms with Gasteiger partial charge in [-0.3, -0.25) is 19.2 Å². The van der Waals surface area contributed by atoms with Gasteiger partial charge in [0, 0.05) is 72.4 Å². The number of nitrogens with one attached hydrogen (secondary N) is 4. The van der Waals surface area contributed by atoms with Crippen LogP contribution in [-0.2, 0) is 9.84 Å². The minimum absolute atomic E-state index is 0.0487. The third-order valence-corrected chi connectivity index (χ3v) is 17.9. The zero-order valence-electron chi connectivity index (χ0n) is 40.7. The normalized spacial score (nSPS) is 22.8. The van der Waals surface area contributed by atoms with Crippen molar-refractivity contribution in [3.05, 3.63) is 57.1 Å². The lowest BCUT2D eigenvalue weighted by Crippen LogP contribution is -2.46. The predicted octanol–water partition coefficient (Wildman–Crippen LogP) is 7.01. The second-order valence-electron chi connectivity index (χ2n) is 20.2. The number of carbonyl (C=O) groups excluding carboxylic acids is 4. The first-order valence-electron chi connectivity index (χ1n) is 24.4. The lowest BCUT2D eigenvalue weighted by molar-refractivity contribution is 0.0562. The molecule has 0 bridgehead atoms. The summed E-state index contributed by atoms with van der Waals surface area (Å²) >= 11 is 2.42. The van der Waals surface area contributed by atoms with Crippen molar-refractivity contribution in [2.24, 2.45) is 0 Å². The Balaban J connectivity index is 0.000000188. The number of hydrogen-bond donors (Lipinski definition) is 5. The highest BCUT2D eigenvalue weighted by Gasteiger charge is 2.36. The van der Waals surface area contributed by atoms with E-state index >= 15 is 0 Å². The van der Waals surface area contributed by atoms with Gasteiger partial charge in [0.15, 0.2) is 10.0 Å². The van der Waals surface area contributed by atoms with Crippen LogP contribution in [0.1, 0.15) is 157 Å². The Bertz CT molecular complexity index is 2680. The maximum atomic E-state index is 13.6. The van der Waals surface area contributed by atoms with Gasteiger partial charge in [-0.25, -0.2) is 28.4 Å². The highest BCUT2D eigenvalue weighted by molar-refractivity contribution is 7.91. The van der Waals surface area contributed by atoms with Crippen LogP contribution in [0.4, 0.5) is 11.6 Å². The molecule has 17 nitrogen and oxygen atoms in total. The lowest BCUT2D eigenvalue weighted by atomic mass is 9.78. The summed E-state index contributed by atoms with van der Waals surface area (Å²) in [5, 5.41) is 22.6. The molecule has 4 amide bonds. The van der Waals surface area contributed by atoms with Crippen LogP contribution in [0, 0.1) is 13.8 Å². The quantitative estimate of drug-likeness (QED) is 0.0964. The van der Waals surface area contributed by atoms with Crippen LogP contribution >= 0.6 is 22.7 Å². The van der Waals surface area contributed by atoms with Crippen molar-refractivity contribution >= 4 is 67.8 Å². The molecular weight excluding hydrogens is 937 g/mol. The SMILES string of the molecule is Cc1cc(NC(C)C)ncc1-c1sc(C(=O)NC2CC(O)C2)nc1C(=O)N1CCC[C@@H]1C.Cc1cc(NC2(C)CCC2)ncc1-c1sc(C(=O)NC2CCS(=O)(=O)CC2)nc1C(=O)N1CCC[C@@H]1C. The summed E-state index contributed by atoms with van der Waals surface area (Å²) < 4.78 is 23.5. The lowest BCUT2D eigenvalue weighted by Gasteiger charge is -2.39. The Hall–Kier alpha value is -5.05. The third-order valence-electron chi connectivity index (χ3n) is 14.0. The van der Waals surface area contributed by atoms with E-state index in [-0.39, 0.29) is 92.7 Å². The van der Waals surface area contributed by atoms with Crippen molar-refractivity contribution in [3.8, 4) is 20.9 Å². The molecule has 0 spiro atoms. The molecular formula is C49H66N10O7S3. The monoisotopic (exact) mass is 1000 g/mol. The van der Waals surface area contributed by atoms with Crippen molar-refractivity contribution < 1.29 is 32.7 Å². The third kappa shape index (κ3) is 11.6. The van der Waals surface area contributed by atoms with Gasteiger partial charge < -0.3 is 36.2 Å². The van der Waals surface area contributed by atoms with Crippen molar-refractivity contribution in [2.45, 2.75) is 161 Å². The van der Waals surface area contributed by atoms with Crippen LogP contribution in [0.3, 0.4) is 0 Å². The number of aliphatic hydroxyl groups excluding tert-OH is 1. The van der Waals surface area contributed by atoms with Gasteiger partial charge in [-0.1, -0.05) is 0 Å². The van der Waals surface area contributed by atoms with Gasteiger partial charge in [0.2, 0.25) is 0 Å². The number of aryl methyl sites for hydroxylation is 2. The Morgan fingerprint density at radius 1 is 0.739 bits per heavy atom. The van der Waals surface area contributed by atoms with E-state index < -0.39 is 9.84 Å². The van der Waals surface area contributed by atoms with Gasteiger partial charge in [0.1, 0.15) is 32.9 Å². The van der Waals surface area contributed by atoms with Crippen LogP contribution in [0.15, 0.2) is 24.5 Å². The first kappa shape index (κ1) is 50.3. The van der Waals surface area contributed by atoms with E-state index in [9.17, 15) is 32.7 Å². The average Bonchev–Trinajstić information content (AvgIpc) is 4.10. The van der Waals surface area contributed by atoms with E-state index in [0.29, 0.717) is 54.2 Å². The van der Waals surface area contributed by atoms with Crippen LogP contribution in [0.25, 0.3) is 20.9 Å². The second-order valence-corrected chi connectivity index (χ2v) is 24.5. The van der Waals surface area contributed by atoms with Gasteiger partial charge in [-0.05, 0) is 142 Å². The molecule has 2 atom stereocenters. The molecule has 20 heteroatoms. The molecule has 0 aromatic carbocycles. The summed E-state index contributed by atoms with van der Waals surface area (Å²) in [6.45, 7) is 15.7. The minimum atomic E-state index is -3.03. The Morgan fingerprint density at radius 2 is 1.22 bits per heavy atom. The zero-order valence-corrected chi connectivity index (χ0v) is 43.1. The number of hydrogen-bond acceptors (Lipinski definition) is 15. The number of aromatic nitrogens is 4. The van der Waals surface area contributed by atoms with Crippen molar-refractivity contribution in [2.75, 3.05) is 35.2 Å². The molecule has 4 aromatic heterocycles. The fourth-order valence-electron chi connectivity index (χ4n) is 9.64. The number of pyridine rings is 2. The summed E-state index contributed by atoms with van der Waals surface area (Å²) in [7, 11) is -3.03. The van der Waals surface area contributed by atoms with Gasteiger partial charge in [-0.2, -0.15) is 0 Å². The number of aliphatic hydroxyl groups is 1. The largest absolute Gasteiger partial charge is 0.393 e. The number of amides is 4. The van der Waals surface area contributed by atoms with Gasteiger partial charge >= 0.3 is 0 Å². The Morgan fingerprint density at radius 3 is 1.64 bits per heavy atom. The molecule has 4 aromatic rings. The average molecular weight is 1000 g/mol. The van der Waals surface area contributed by atoms with Crippen molar-refractivity contribution in [1.82, 2.24) is 40.4 Å². The standard InChI is InChI=1S/C26H35N5O4S2.C23H31N5O3S/c1-16-14-20(30-26(3)9-5-10-26)27-15-19(16)22-21(25(33)31-11-4-6-17(31)2)29-24(36-22)23(32)28-18-7-12-37(34,35)13-8-18;1-12(2)25-18-8-13(3)17(11-24-18)20-19(23(31)28-7-5-6-14(28)4)27-22(32-20)21(30)26-15-9-16(29)10-15/h14-15,17-18H,4-13H2,1-3H3,(H,27,30)(H,28,32);8,11-12,14-16,29H,5-7,9-10H2,1-4H3,(H,24,25)(H,26,30)/t17-;14-,15?,16?/m00/s1. The number of sulfone groups is 1. The van der Waals surface area contributed by atoms with Gasteiger partial charge in [0.05, 0.1) is 27.4 Å². The molecule has 5 aliphatic rings. The maximum absolute atomic E-state index is 13.6. The van der Waals surface area contributed by atoms with Gasteiger partial charge in [0.25, 0.3) is 23.6 Å². The highest BCUT2D eigenvalue weighted by Crippen LogP contribution is 2.39. The molecule has 5 fully saturated rings. The molecule has 372 valence electrons. The molecule has 0 radical (unpaired) electrons. The summed E-state index contributed by atoms with van der Waals surface area (Å²) in [5.74, 6) is 0.749. The Labute approximate surface area is 413 Å². The molecule has 69 heavy (non-hydrogen) atoms. The minimum Gasteiger partial charge on any atom is -0.393 e. The van der Waals surface area contributed by atoms with Crippen molar-refractivity contribution in [1.29, 1.82) is 0 Å². The van der Waals surface area contributed by atoms with E-state index in [1.54, 1.807) is 12.4 Å². The van der Waals surface area contributed by atoms with Crippen LogP contribution < -0.4 is 21.3 Å². The second kappa shape index (κ2) is 20.7. The summed E-state index contributed by atoms with van der Waals surface area (Å²) in [4.78, 5) is 76.2. The molecule has 0 unspecified atom stereocenters. The number of rotatable bonds is 12. The van der Waals surface area contributed by atoms with Crippen LogP contribution in [0.2, 0.25) is 0 Å². The van der Waals surface area contributed by atoms with E-state index in [4.69, 9.17) is 0 Å². The summed E-state index contributed by atoms with van der Waals surface area (Å²) in [5.41, 5.74) is 4.19. The number of thiazole rings is 2. The Kier molecular flexibility index (Phi) is 15.1. The summed E-state index contributed by atoms with van der Waals surface area (Å²) in [6.07, 6.45) is 12.3. The molecule has 5 N–H and O–H groups in total.